The Hall–Kier alpha value is -3.05. The van der Waals surface area contributed by atoms with Gasteiger partial charge >= 0.3 is 0 Å². The number of rotatable bonds is 6. The number of amides is 1. The zero-order valence-electron chi connectivity index (χ0n) is 18.6. The van der Waals surface area contributed by atoms with E-state index in [0.29, 0.717) is 23.1 Å². The predicted molar refractivity (Wildman–Crippen MR) is 136 cm³/mol. The summed E-state index contributed by atoms with van der Waals surface area (Å²) in [6, 6.07) is 9.85. The Bertz CT molecular complexity index is 1500. The Kier molecular flexibility index (Phi) is 5.66. The zero-order chi connectivity index (χ0) is 23.1. The first-order chi connectivity index (χ1) is 16.7. The number of benzene rings is 2. The van der Waals surface area contributed by atoms with Crippen LogP contribution < -0.4 is 10.1 Å². The van der Waals surface area contributed by atoms with Gasteiger partial charge in [-0.2, -0.15) is 0 Å². The monoisotopic (exact) mass is 493 g/mol. The highest BCUT2D eigenvalue weighted by atomic mass is 32.1. The normalized spacial score (nSPS) is 14.9. The highest BCUT2D eigenvalue weighted by Gasteiger charge is 2.19. The molecule has 4 heterocycles. The van der Waals surface area contributed by atoms with Gasteiger partial charge in [-0.3, -0.25) is 15.0 Å². The van der Waals surface area contributed by atoms with Gasteiger partial charge in [0.05, 0.1) is 39.2 Å². The fourth-order valence-electron chi connectivity index (χ4n) is 4.23. The van der Waals surface area contributed by atoms with Crippen molar-refractivity contribution >= 4 is 65.0 Å². The molecule has 1 saturated heterocycles. The maximum Gasteiger partial charge on any atom is 0.261 e. The van der Waals surface area contributed by atoms with E-state index in [1.165, 1.54) is 11.3 Å². The fraction of sp³-hybridized carbons (Fsp3) is 0.292. The molecule has 5 aromatic rings. The van der Waals surface area contributed by atoms with Crippen molar-refractivity contribution in [1.82, 2.24) is 19.4 Å². The van der Waals surface area contributed by atoms with Gasteiger partial charge in [0.1, 0.15) is 17.9 Å². The number of fused-ring (bicyclic) bond motifs is 4. The minimum absolute atomic E-state index is 0.238. The third kappa shape index (κ3) is 4.03. The minimum atomic E-state index is -0.238. The highest BCUT2D eigenvalue weighted by molar-refractivity contribution is 7.24. The molecule has 0 bridgehead atoms. The number of carbonyl (C=O) groups excluding carboxylic acids is 1. The lowest BCUT2D eigenvalue weighted by Gasteiger charge is -2.26. The standard InChI is InChI=1S/C24H23N5O3S2/c1-28-5-4-15-12-19(32-11-8-29-6-9-31-10-7-29)16(13-18(15)28)23(30)27-24-26-17-2-3-20-21(22(17)34-24)25-14-33-20/h2-5,12-14H,6-11H2,1H3,(H,26,27,30). The summed E-state index contributed by atoms with van der Waals surface area (Å²) in [6.07, 6.45) is 1.98. The molecular formula is C24H23N5O3S2. The molecule has 1 amide bonds. The molecule has 1 N–H and O–H groups in total. The maximum absolute atomic E-state index is 13.4. The summed E-state index contributed by atoms with van der Waals surface area (Å²) in [5, 5.41) is 4.57. The molecule has 0 atom stereocenters. The van der Waals surface area contributed by atoms with E-state index in [-0.39, 0.29) is 5.91 Å². The molecule has 1 fully saturated rings. The Balaban J connectivity index is 1.27. The average Bonchev–Trinajstić information content (AvgIpc) is 3.57. The van der Waals surface area contributed by atoms with Gasteiger partial charge in [-0.05, 0) is 30.3 Å². The summed E-state index contributed by atoms with van der Waals surface area (Å²) in [7, 11) is 1.97. The topological polar surface area (TPSA) is 81.5 Å². The molecule has 0 unspecified atom stereocenters. The number of anilines is 1. The smallest absolute Gasteiger partial charge is 0.261 e. The van der Waals surface area contributed by atoms with Crippen molar-refractivity contribution in [2.24, 2.45) is 7.05 Å². The number of morpholine rings is 1. The van der Waals surface area contributed by atoms with Crippen LogP contribution in [0.4, 0.5) is 5.13 Å². The van der Waals surface area contributed by atoms with E-state index in [4.69, 9.17) is 9.47 Å². The third-order valence-corrected chi connectivity index (χ3v) is 7.86. The van der Waals surface area contributed by atoms with E-state index in [1.54, 1.807) is 11.3 Å². The Labute approximate surface area is 203 Å². The van der Waals surface area contributed by atoms with Crippen LogP contribution in [-0.2, 0) is 11.8 Å². The lowest BCUT2D eigenvalue weighted by atomic mass is 10.1. The summed E-state index contributed by atoms with van der Waals surface area (Å²) in [6.45, 7) is 4.59. The first kappa shape index (κ1) is 21.5. The number of ether oxygens (including phenoxy) is 2. The number of thiazole rings is 2. The van der Waals surface area contributed by atoms with E-state index in [1.807, 2.05) is 53.7 Å². The summed E-state index contributed by atoms with van der Waals surface area (Å²) < 4.78 is 15.7. The SMILES string of the molecule is Cn1ccc2cc(OCCN3CCOCC3)c(C(=O)Nc3nc4ccc5scnc5c4s3)cc21. The number of hydrogen-bond donors (Lipinski definition) is 1. The van der Waals surface area contributed by atoms with E-state index < -0.39 is 0 Å². The van der Waals surface area contributed by atoms with E-state index in [2.05, 4.69) is 20.2 Å². The Morgan fingerprint density at radius 2 is 2.12 bits per heavy atom. The van der Waals surface area contributed by atoms with Crippen LogP contribution in [0.25, 0.3) is 31.3 Å². The van der Waals surface area contributed by atoms with Crippen LogP contribution in [0.2, 0.25) is 0 Å². The van der Waals surface area contributed by atoms with Gasteiger partial charge < -0.3 is 14.0 Å². The molecule has 0 aliphatic carbocycles. The number of aromatic nitrogens is 3. The molecule has 174 valence electrons. The molecule has 1 aliphatic rings. The number of nitrogens with one attached hydrogen (secondary N) is 1. The van der Waals surface area contributed by atoms with Crippen LogP contribution in [0.5, 0.6) is 5.75 Å². The van der Waals surface area contributed by atoms with Crippen LogP contribution in [0.3, 0.4) is 0 Å². The lowest BCUT2D eigenvalue weighted by Crippen LogP contribution is -2.38. The number of hydrogen-bond acceptors (Lipinski definition) is 8. The molecular weight excluding hydrogens is 470 g/mol. The second-order valence-corrected chi connectivity index (χ2v) is 10.1. The van der Waals surface area contributed by atoms with Gasteiger partial charge in [0, 0.05) is 43.8 Å². The number of carbonyl (C=O) groups is 1. The van der Waals surface area contributed by atoms with Crippen LogP contribution in [0.15, 0.2) is 42.0 Å². The molecule has 0 radical (unpaired) electrons. The van der Waals surface area contributed by atoms with Crippen molar-refractivity contribution in [3.8, 4) is 5.75 Å². The Morgan fingerprint density at radius 3 is 3.00 bits per heavy atom. The minimum Gasteiger partial charge on any atom is -0.491 e. The van der Waals surface area contributed by atoms with Crippen molar-refractivity contribution in [3.63, 3.8) is 0 Å². The van der Waals surface area contributed by atoms with Crippen LogP contribution in [-0.4, -0.2) is 64.8 Å². The van der Waals surface area contributed by atoms with Crippen molar-refractivity contribution in [3.05, 3.63) is 47.6 Å². The predicted octanol–water partition coefficient (Wildman–Crippen LogP) is 4.36. The van der Waals surface area contributed by atoms with Gasteiger partial charge in [0.2, 0.25) is 0 Å². The first-order valence-electron chi connectivity index (χ1n) is 11.1. The van der Waals surface area contributed by atoms with Crippen molar-refractivity contribution < 1.29 is 14.3 Å². The van der Waals surface area contributed by atoms with E-state index in [9.17, 15) is 4.79 Å². The molecule has 2 aromatic carbocycles. The quantitative estimate of drug-likeness (QED) is 0.379. The molecule has 6 rings (SSSR count). The molecule has 1 aliphatic heterocycles. The molecule has 8 nitrogen and oxygen atoms in total. The second-order valence-electron chi connectivity index (χ2n) is 8.22. The highest BCUT2D eigenvalue weighted by Crippen LogP contribution is 2.34. The summed E-state index contributed by atoms with van der Waals surface area (Å²) >= 11 is 3.04. The van der Waals surface area contributed by atoms with Crippen LogP contribution >= 0.6 is 22.7 Å². The molecule has 10 heteroatoms. The van der Waals surface area contributed by atoms with Crippen LogP contribution in [0, 0.1) is 0 Å². The fourth-order valence-corrected chi connectivity index (χ4v) is 5.94. The van der Waals surface area contributed by atoms with Gasteiger partial charge in [-0.1, -0.05) is 11.3 Å². The largest absolute Gasteiger partial charge is 0.491 e. The Morgan fingerprint density at radius 1 is 1.24 bits per heavy atom. The van der Waals surface area contributed by atoms with Gasteiger partial charge in [-0.25, -0.2) is 9.97 Å². The second kappa shape index (κ2) is 8.95. The van der Waals surface area contributed by atoms with Gasteiger partial charge in [-0.15, -0.1) is 11.3 Å². The third-order valence-electron chi connectivity index (χ3n) is 6.08. The van der Waals surface area contributed by atoms with E-state index >= 15 is 0 Å². The van der Waals surface area contributed by atoms with Crippen molar-refractivity contribution in [2.45, 2.75) is 0 Å². The van der Waals surface area contributed by atoms with Crippen LogP contribution in [0.1, 0.15) is 10.4 Å². The molecule has 34 heavy (non-hydrogen) atoms. The lowest BCUT2D eigenvalue weighted by molar-refractivity contribution is 0.0322. The first-order valence-corrected chi connectivity index (χ1v) is 12.8. The maximum atomic E-state index is 13.4. The zero-order valence-corrected chi connectivity index (χ0v) is 20.2. The van der Waals surface area contributed by atoms with Crippen molar-refractivity contribution in [2.75, 3.05) is 44.8 Å². The van der Waals surface area contributed by atoms with Gasteiger partial charge in [0.25, 0.3) is 5.91 Å². The summed E-state index contributed by atoms with van der Waals surface area (Å²) in [5.41, 5.74) is 5.06. The molecule has 0 spiro atoms. The number of aryl methyl sites for hydroxylation is 1. The molecule has 3 aromatic heterocycles. The number of nitrogens with zero attached hydrogens (tertiary/aromatic N) is 4. The van der Waals surface area contributed by atoms with E-state index in [0.717, 1.165) is 64.2 Å². The van der Waals surface area contributed by atoms with Gasteiger partial charge in [0.15, 0.2) is 5.13 Å². The molecule has 0 saturated carbocycles. The van der Waals surface area contributed by atoms with Crippen molar-refractivity contribution in [1.29, 1.82) is 0 Å². The summed E-state index contributed by atoms with van der Waals surface area (Å²) in [4.78, 5) is 24.8. The average molecular weight is 494 g/mol. The summed E-state index contributed by atoms with van der Waals surface area (Å²) in [5.74, 6) is 0.338.